The van der Waals surface area contributed by atoms with Gasteiger partial charge in [-0.2, -0.15) is 0 Å². The summed E-state index contributed by atoms with van der Waals surface area (Å²) in [7, 11) is 2.17. The van der Waals surface area contributed by atoms with E-state index in [2.05, 4.69) is 44.9 Å². The summed E-state index contributed by atoms with van der Waals surface area (Å²) < 4.78 is 0. The second kappa shape index (κ2) is 7.13. The lowest BCUT2D eigenvalue weighted by Gasteiger charge is -2.37. The lowest BCUT2D eigenvalue weighted by molar-refractivity contribution is 0.146. The van der Waals surface area contributed by atoms with E-state index in [0.29, 0.717) is 6.04 Å². The quantitative estimate of drug-likeness (QED) is 0.849. The summed E-state index contributed by atoms with van der Waals surface area (Å²) in [4.78, 5) is 2.40. The highest BCUT2D eigenvalue weighted by atomic mass is 35.5. The van der Waals surface area contributed by atoms with Crippen molar-refractivity contribution < 1.29 is 0 Å². The Labute approximate surface area is 116 Å². The third kappa shape index (κ3) is 3.71. The van der Waals surface area contributed by atoms with Crippen LogP contribution in [-0.4, -0.2) is 24.0 Å². The Morgan fingerprint density at radius 3 is 2.06 bits per heavy atom. The summed E-state index contributed by atoms with van der Waals surface area (Å²) in [5.41, 5.74) is 7.42. The molecule has 0 aromatic heterocycles. The van der Waals surface area contributed by atoms with Crippen molar-refractivity contribution in [2.75, 3.05) is 7.05 Å². The lowest BCUT2D eigenvalue weighted by Crippen LogP contribution is -2.42. The van der Waals surface area contributed by atoms with E-state index in [1.54, 1.807) is 0 Å². The largest absolute Gasteiger partial charge is 0.326 e. The van der Waals surface area contributed by atoms with E-state index in [1.165, 1.54) is 5.56 Å². The van der Waals surface area contributed by atoms with Gasteiger partial charge in [-0.1, -0.05) is 37.6 Å². The molecular formula is C15H25ClN2. The van der Waals surface area contributed by atoms with Crippen LogP contribution in [0.5, 0.6) is 0 Å². The molecule has 1 aromatic rings. The highest BCUT2D eigenvalue weighted by molar-refractivity contribution is 6.30. The number of nitrogens with zero attached hydrogens (tertiary/aromatic N) is 1. The summed E-state index contributed by atoms with van der Waals surface area (Å²) >= 11 is 5.95. The van der Waals surface area contributed by atoms with Gasteiger partial charge in [-0.25, -0.2) is 0 Å². The van der Waals surface area contributed by atoms with Gasteiger partial charge in [-0.3, -0.25) is 4.90 Å². The summed E-state index contributed by atoms with van der Waals surface area (Å²) in [5, 5.41) is 0.771. The summed E-state index contributed by atoms with van der Waals surface area (Å²) in [6.45, 7) is 6.52. The molecule has 2 unspecified atom stereocenters. The number of hydrogen-bond donors (Lipinski definition) is 1. The standard InChI is InChI=1S/C15H25ClN2/c1-5-14(6-2)18(4)15(11(3)17)12-7-9-13(16)10-8-12/h7-11,14-15H,5-6,17H2,1-4H3. The first kappa shape index (κ1) is 15.5. The zero-order valence-electron chi connectivity index (χ0n) is 11.9. The van der Waals surface area contributed by atoms with Crippen LogP contribution in [0.25, 0.3) is 0 Å². The number of nitrogens with two attached hydrogens (primary N) is 1. The topological polar surface area (TPSA) is 29.3 Å². The molecule has 0 aliphatic rings. The molecule has 0 aliphatic heterocycles. The molecule has 3 heteroatoms. The Morgan fingerprint density at radius 1 is 1.17 bits per heavy atom. The average molecular weight is 269 g/mol. The highest BCUT2D eigenvalue weighted by Gasteiger charge is 2.25. The van der Waals surface area contributed by atoms with Crippen LogP contribution in [-0.2, 0) is 0 Å². The third-order valence-electron chi connectivity index (χ3n) is 3.67. The molecule has 0 saturated heterocycles. The van der Waals surface area contributed by atoms with Crippen molar-refractivity contribution in [3.8, 4) is 0 Å². The van der Waals surface area contributed by atoms with Crippen molar-refractivity contribution >= 4 is 11.6 Å². The second-order valence-corrected chi connectivity index (χ2v) is 5.43. The van der Waals surface area contributed by atoms with Crippen LogP contribution in [0.2, 0.25) is 5.02 Å². The average Bonchev–Trinajstić information content (AvgIpc) is 2.33. The van der Waals surface area contributed by atoms with Gasteiger partial charge in [0.2, 0.25) is 0 Å². The van der Waals surface area contributed by atoms with Gasteiger partial charge >= 0.3 is 0 Å². The Morgan fingerprint density at radius 2 is 1.67 bits per heavy atom. The third-order valence-corrected chi connectivity index (χ3v) is 3.92. The van der Waals surface area contributed by atoms with Crippen LogP contribution in [0.1, 0.15) is 45.2 Å². The minimum Gasteiger partial charge on any atom is -0.326 e. The normalized spacial score (nSPS) is 15.1. The van der Waals surface area contributed by atoms with Crippen molar-refractivity contribution in [3.05, 3.63) is 34.9 Å². The Bertz CT molecular complexity index is 344. The van der Waals surface area contributed by atoms with Gasteiger partial charge < -0.3 is 5.73 Å². The number of rotatable bonds is 6. The van der Waals surface area contributed by atoms with Crippen molar-refractivity contribution in [2.45, 2.75) is 51.7 Å². The first-order valence-corrected chi connectivity index (χ1v) is 7.12. The number of likely N-dealkylation sites (N-methyl/N-ethyl adjacent to an activating group) is 1. The maximum Gasteiger partial charge on any atom is 0.0496 e. The van der Waals surface area contributed by atoms with Crippen LogP contribution in [0.15, 0.2) is 24.3 Å². The Balaban J connectivity index is 2.98. The predicted molar refractivity (Wildman–Crippen MR) is 80.0 cm³/mol. The van der Waals surface area contributed by atoms with Crippen molar-refractivity contribution in [1.29, 1.82) is 0 Å². The maximum atomic E-state index is 6.18. The summed E-state index contributed by atoms with van der Waals surface area (Å²) in [6, 6.07) is 8.94. The van der Waals surface area contributed by atoms with E-state index >= 15 is 0 Å². The Kier molecular flexibility index (Phi) is 6.13. The predicted octanol–water partition coefficient (Wildman–Crippen LogP) is 3.85. The van der Waals surface area contributed by atoms with E-state index in [1.807, 2.05) is 12.1 Å². The van der Waals surface area contributed by atoms with Gasteiger partial charge in [-0.15, -0.1) is 0 Å². The second-order valence-electron chi connectivity index (χ2n) is 4.99. The fourth-order valence-electron chi connectivity index (χ4n) is 2.66. The van der Waals surface area contributed by atoms with E-state index in [-0.39, 0.29) is 12.1 Å². The molecule has 0 bridgehead atoms. The van der Waals surface area contributed by atoms with Crippen LogP contribution >= 0.6 is 11.6 Å². The van der Waals surface area contributed by atoms with E-state index in [4.69, 9.17) is 17.3 Å². The zero-order valence-corrected chi connectivity index (χ0v) is 12.6. The van der Waals surface area contributed by atoms with Gasteiger partial charge in [0.1, 0.15) is 0 Å². The highest BCUT2D eigenvalue weighted by Crippen LogP contribution is 2.27. The van der Waals surface area contributed by atoms with Crippen molar-refractivity contribution in [2.24, 2.45) is 5.73 Å². The molecule has 1 aromatic carbocycles. The molecule has 0 fully saturated rings. The van der Waals surface area contributed by atoms with Gasteiger partial charge in [0, 0.05) is 23.1 Å². The molecule has 2 nitrogen and oxygen atoms in total. The van der Waals surface area contributed by atoms with E-state index in [0.717, 1.165) is 17.9 Å². The van der Waals surface area contributed by atoms with Crippen molar-refractivity contribution in [3.63, 3.8) is 0 Å². The van der Waals surface area contributed by atoms with E-state index in [9.17, 15) is 0 Å². The molecule has 0 radical (unpaired) electrons. The fraction of sp³-hybridized carbons (Fsp3) is 0.600. The molecule has 2 N–H and O–H groups in total. The SMILES string of the molecule is CCC(CC)N(C)C(c1ccc(Cl)cc1)C(C)N. The number of halogens is 1. The molecule has 102 valence electrons. The maximum absolute atomic E-state index is 6.18. The number of benzene rings is 1. The van der Waals surface area contributed by atoms with Crippen LogP contribution in [0, 0.1) is 0 Å². The van der Waals surface area contributed by atoms with Crippen LogP contribution in [0.4, 0.5) is 0 Å². The molecule has 0 aliphatic carbocycles. The van der Waals surface area contributed by atoms with Crippen LogP contribution < -0.4 is 5.73 Å². The summed E-state index contributed by atoms with van der Waals surface area (Å²) in [6.07, 6.45) is 2.29. The van der Waals surface area contributed by atoms with Gasteiger partial charge in [-0.05, 0) is 44.5 Å². The molecule has 0 heterocycles. The lowest BCUT2D eigenvalue weighted by atomic mass is 9.97. The van der Waals surface area contributed by atoms with Gasteiger partial charge in [0.15, 0.2) is 0 Å². The first-order valence-electron chi connectivity index (χ1n) is 6.74. The molecule has 0 amide bonds. The minimum absolute atomic E-state index is 0.0942. The molecule has 18 heavy (non-hydrogen) atoms. The monoisotopic (exact) mass is 268 g/mol. The molecular weight excluding hydrogens is 244 g/mol. The van der Waals surface area contributed by atoms with Gasteiger partial charge in [0.05, 0.1) is 0 Å². The molecule has 0 spiro atoms. The Hall–Kier alpha value is -0.570. The summed E-state index contributed by atoms with van der Waals surface area (Å²) in [5.74, 6) is 0. The fourth-order valence-corrected chi connectivity index (χ4v) is 2.79. The molecule has 0 saturated carbocycles. The van der Waals surface area contributed by atoms with E-state index < -0.39 is 0 Å². The zero-order chi connectivity index (χ0) is 13.7. The van der Waals surface area contributed by atoms with Crippen molar-refractivity contribution in [1.82, 2.24) is 4.90 Å². The minimum atomic E-state index is 0.0942. The number of hydrogen-bond acceptors (Lipinski definition) is 2. The van der Waals surface area contributed by atoms with Gasteiger partial charge in [0.25, 0.3) is 0 Å². The molecule has 2 atom stereocenters. The first-order chi connectivity index (χ1) is 8.51. The molecule has 1 rings (SSSR count). The van der Waals surface area contributed by atoms with Crippen LogP contribution in [0.3, 0.4) is 0 Å². The smallest absolute Gasteiger partial charge is 0.0496 e.